The summed E-state index contributed by atoms with van der Waals surface area (Å²) in [6.45, 7) is 0.198. The number of hydrogen-bond acceptors (Lipinski definition) is 7. The van der Waals surface area contributed by atoms with Gasteiger partial charge in [0.05, 0.1) is 33.0 Å². The van der Waals surface area contributed by atoms with Crippen LogP contribution in [-0.4, -0.2) is 45.4 Å². The number of nitrogens with two attached hydrogens (primary N) is 1. The number of carbonyl (C=O) groups is 1. The van der Waals surface area contributed by atoms with E-state index in [1.165, 1.54) is 13.4 Å². The number of esters is 1. The molecule has 2 aromatic heterocycles. The molecule has 11 heteroatoms. The van der Waals surface area contributed by atoms with Crippen molar-refractivity contribution in [2.75, 3.05) is 19.5 Å². The second kappa shape index (κ2) is 8.97. The van der Waals surface area contributed by atoms with Gasteiger partial charge in [-0.25, -0.2) is 4.98 Å². The van der Waals surface area contributed by atoms with E-state index in [2.05, 4.69) is 19.7 Å². The van der Waals surface area contributed by atoms with Crippen LogP contribution in [0.3, 0.4) is 0 Å². The smallest absolute Gasteiger partial charge is 0.389 e. The molecule has 1 aromatic carbocycles. The molecule has 0 unspecified atom stereocenters. The van der Waals surface area contributed by atoms with E-state index in [0.717, 1.165) is 11.1 Å². The number of fused-ring (bicyclic) bond motifs is 1. The Hall–Kier alpha value is -3.37. The molecule has 8 nitrogen and oxygen atoms in total. The zero-order valence-electron chi connectivity index (χ0n) is 16.1. The van der Waals surface area contributed by atoms with Gasteiger partial charge < -0.3 is 19.8 Å². The molecule has 0 saturated carbocycles. The summed E-state index contributed by atoms with van der Waals surface area (Å²) >= 11 is 0. The Morgan fingerprint density at radius 3 is 2.73 bits per heavy atom. The summed E-state index contributed by atoms with van der Waals surface area (Å²) in [5.41, 5.74) is 8.34. The molecule has 0 spiro atoms. The fourth-order valence-corrected chi connectivity index (χ4v) is 2.84. The number of carbonyl (C=O) groups excluding carboxylic acids is 1. The van der Waals surface area contributed by atoms with Gasteiger partial charge in [-0.05, 0) is 17.5 Å². The highest BCUT2D eigenvalue weighted by atomic mass is 19.4. The van der Waals surface area contributed by atoms with Crippen LogP contribution >= 0.6 is 0 Å². The molecule has 2 heterocycles. The van der Waals surface area contributed by atoms with Crippen molar-refractivity contribution >= 4 is 23.0 Å². The van der Waals surface area contributed by atoms with Crippen LogP contribution in [0.1, 0.15) is 24.0 Å². The molecule has 0 bridgehead atoms. The molecular weight excluding hydrogens is 403 g/mol. The lowest BCUT2D eigenvalue weighted by Gasteiger charge is -2.09. The monoisotopic (exact) mass is 423 g/mol. The number of anilines is 1. The van der Waals surface area contributed by atoms with Gasteiger partial charge >= 0.3 is 18.2 Å². The second-order valence-corrected chi connectivity index (χ2v) is 6.58. The number of ether oxygens (including phenoxy) is 2. The number of halogens is 3. The minimum absolute atomic E-state index is 0.0732. The van der Waals surface area contributed by atoms with Crippen LogP contribution in [0.5, 0.6) is 6.01 Å². The van der Waals surface area contributed by atoms with Crippen LogP contribution in [0.25, 0.3) is 11.2 Å². The number of methoxy groups -OCH3 is 1. The third-order valence-electron chi connectivity index (χ3n) is 4.23. The highest BCUT2D eigenvalue weighted by molar-refractivity contribution is 5.82. The van der Waals surface area contributed by atoms with Crippen LogP contribution in [0.4, 0.5) is 19.0 Å². The fraction of sp³-hybridized carbons (Fsp3) is 0.368. The Balaban J connectivity index is 1.76. The van der Waals surface area contributed by atoms with Crippen LogP contribution in [-0.2, 0) is 22.5 Å². The summed E-state index contributed by atoms with van der Waals surface area (Å²) in [6, 6.07) is 7.28. The van der Waals surface area contributed by atoms with E-state index in [1.807, 2.05) is 24.3 Å². The zero-order chi connectivity index (χ0) is 21.7. The highest BCUT2D eigenvalue weighted by Gasteiger charge is 2.26. The van der Waals surface area contributed by atoms with E-state index in [-0.39, 0.29) is 37.2 Å². The van der Waals surface area contributed by atoms with Crippen LogP contribution in [0.2, 0.25) is 0 Å². The van der Waals surface area contributed by atoms with Gasteiger partial charge in [0.15, 0.2) is 17.0 Å². The van der Waals surface area contributed by atoms with E-state index in [1.54, 1.807) is 4.57 Å². The number of rotatable bonds is 8. The Bertz CT molecular complexity index is 1040. The first-order valence-corrected chi connectivity index (χ1v) is 9.07. The zero-order valence-corrected chi connectivity index (χ0v) is 16.1. The Kier molecular flexibility index (Phi) is 6.38. The summed E-state index contributed by atoms with van der Waals surface area (Å²) < 4.78 is 48.4. The average Bonchev–Trinajstić information content (AvgIpc) is 3.08. The normalized spacial score (nSPS) is 11.6. The lowest BCUT2D eigenvalue weighted by Crippen LogP contribution is -2.11. The number of nitrogens with zero attached hydrogens (tertiary/aromatic N) is 4. The minimum Gasteiger partial charge on any atom is -0.469 e. The van der Waals surface area contributed by atoms with Crippen molar-refractivity contribution in [2.24, 2.45) is 0 Å². The Morgan fingerprint density at radius 2 is 2.00 bits per heavy atom. The molecule has 2 N–H and O–H groups in total. The standard InChI is InChI=1S/C19H20F3N5O3/c1-29-14(28)9-12-4-2-5-13(8-12)10-27-11-24-15-16(23)25-18(26-17(15)27)30-7-3-6-19(20,21)22/h2,4-5,8,11H,3,6-7,9-10H2,1H3,(H2,23,25,26). The van der Waals surface area contributed by atoms with E-state index in [4.69, 9.17) is 10.5 Å². The minimum atomic E-state index is -4.24. The summed E-state index contributed by atoms with van der Waals surface area (Å²) in [5, 5.41) is 0. The number of imidazole rings is 1. The van der Waals surface area contributed by atoms with Crippen molar-refractivity contribution in [3.05, 3.63) is 41.7 Å². The third kappa shape index (κ3) is 5.58. The van der Waals surface area contributed by atoms with Crippen molar-refractivity contribution < 1.29 is 27.4 Å². The van der Waals surface area contributed by atoms with Gasteiger partial charge in [0.2, 0.25) is 0 Å². The van der Waals surface area contributed by atoms with Crippen molar-refractivity contribution in [2.45, 2.75) is 32.0 Å². The molecular formula is C19H20F3N5O3. The van der Waals surface area contributed by atoms with Gasteiger partial charge in [0.25, 0.3) is 0 Å². The maximum absolute atomic E-state index is 12.2. The van der Waals surface area contributed by atoms with Crippen LogP contribution in [0, 0.1) is 0 Å². The van der Waals surface area contributed by atoms with E-state index < -0.39 is 12.6 Å². The van der Waals surface area contributed by atoms with Crippen LogP contribution in [0.15, 0.2) is 30.6 Å². The first-order valence-electron chi connectivity index (χ1n) is 9.07. The van der Waals surface area contributed by atoms with Gasteiger partial charge in [-0.2, -0.15) is 23.1 Å². The number of aromatic nitrogens is 4. The van der Waals surface area contributed by atoms with Gasteiger partial charge in [0, 0.05) is 6.42 Å². The lowest BCUT2D eigenvalue weighted by atomic mass is 10.1. The summed E-state index contributed by atoms with van der Waals surface area (Å²) in [5.74, 6) is -0.267. The molecule has 30 heavy (non-hydrogen) atoms. The molecule has 0 radical (unpaired) electrons. The first kappa shape index (κ1) is 21.3. The largest absolute Gasteiger partial charge is 0.469 e. The van der Waals surface area contributed by atoms with Crippen LogP contribution < -0.4 is 10.5 Å². The molecule has 0 aliphatic carbocycles. The Morgan fingerprint density at radius 1 is 1.23 bits per heavy atom. The molecule has 3 aromatic rings. The quantitative estimate of drug-likeness (QED) is 0.439. The maximum atomic E-state index is 12.2. The van der Waals surface area contributed by atoms with E-state index in [0.29, 0.717) is 17.7 Å². The number of nitrogen functional groups attached to an aromatic ring is 1. The van der Waals surface area contributed by atoms with Crippen molar-refractivity contribution in [3.63, 3.8) is 0 Å². The van der Waals surface area contributed by atoms with Gasteiger partial charge in [-0.3, -0.25) is 4.79 Å². The third-order valence-corrected chi connectivity index (χ3v) is 4.23. The maximum Gasteiger partial charge on any atom is 0.389 e. The number of hydrogen-bond donors (Lipinski definition) is 1. The summed E-state index contributed by atoms with van der Waals surface area (Å²) in [4.78, 5) is 23.9. The molecule has 0 fully saturated rings. The SMILES string of the molecule is COC(=O)Cc1cccc(Cn2cnc3c(N)nc(OCCCC(F)(F)F)nc32)c1. The van der Waals surface area contributed by atoms with Crippen molar-refractivity contribution in [1.82, 2.24) is 19.5 Å². The van der Waals surface area contributed by atoms with Crippen molar-refractivity contribution in [3.8, 4) is 6.01 Å². The molecule has 3 rings (SSSR count). The molecule has 0 saturated heterocycles. The molecule has 0 aliphatic heterocycles. The van der Waals surface area contributed by atoms with E-state index in [9.17, 15) is 18.0 Å². The van der Waals surface area contributed by atoms with Gasteiger partial charge in [0.1, 0.15) is 0 Å². The summed E-state index contributed by atoms with van der Waals surface area (Å²) in [7, 11) is 1.33. The predicted molar refractivity (Wildman–Crippen MR) is 102 cm³/mol. The van der Waals surface area contributed by atoms with Gasteiger partial charge in [-0.1, -0.05) is 24.3 Å². The predicted octanol–water partition coefficient (Wildman–Crippen LogP) is 2.89. The van der Waals surface area contributed by atoms with E-state index >= 15 is 0 Å². The first-order chi connectivity index (χ1) is 14.2. The molecule has 160 valence electrons. The number of alkyl halides is 3. The molecule has 0 aliphatic rings. The average molecular weight is 423 g/mol. The summed E-state index contributed by atoms with van der Waals surface area (Å²) in [6.07, 6.45) is -3.72. The molecule has 0 amide bonds. The number of benzene rings is 1. The molecule has 0 atom stereocenters. The van der Waals surface area contributed by atoms with Gasteiger partial charge in [-0.15, -0.1) is 0 Å². The lowest BCUT2D eigenvalue weighted by molar-refractivity contribution is -0.140. The fourth-order valence-electron chi connectivity index (χ4n) is 2.84. The van der Waals surface area contributed by atoms with Crippen molar-refractivity contribution in [1.29, 1.82) is 0 Å². The second-order valence-electron chi connectivity index (χ2n) is 6.58. The Labute approximate surface area is 169 Å². The highest BCUT2D eigenvalue weighted by Crippen LogP contribution is 2.23. The topological polar surface area (TPSA) is 105 Å².